The fraction of sp³-hybridized carbons (Fsp3) is 0.567. The highest BCUT2D eigenvalue weighted by Gasteiger charge is 2.44. The summed E-state index contributed by atoms with van der Waals surface area (Å²) in [6, 6.07) is 29.5. The molecule has 0 aromatic heterocycles. The van der Waals surface area contributed by atoms with Crippen LogP contribution in [0.1, 0.15) is 222 Å². The average Bonchev–Trinajstić information content (AvgIpc) is 3.71. The van der Waals surface area contributed by atoms with Crippen molar-refractivity contribution in [1.82, 2.24) is 0 Å². The highest BCUT2D eigenvalue weighted by atomic mass is 16.5. The molecule has 346 valence electrons. The Hall–Kier alpha value is -4.27. The van der Waals surface area contributed by atoms with Crippen molar-refractivity contribution >= 4 is 12.1 Å². The van der Waals surface area contributed by atoms with Crippen LogP contribution in [0.5, 0.6) is 0 Å². The highest BCUT2D eigenvalue weighted by molar-refractivity contribution is 5.87. The summed E-state index contributed by atoms with van der Waals surface area (Å²) in [5.74, 6) is -0.0392. The summed E-state index contributed by atoms with van der Waals surface area (Å²) < 4.78 is 5.68. The number of hydrogen-bond acceptors (Lipinski definition) is 4. The highest BCUT2D eigenvalue weighted by Crippen LogP contribution is 2.57. The Morgan fingerprint density at radius 3 is 1.16 bits per heavy atom. The Bertz CT molecular complexity index is 2090. The standard InChI is InChI=1S/C59H82O2.CO2/c1-7-11-15-18-21-24-36-58(37-25-22-19-16-12-8-2)53-41-45(5)28-32-49(53)51-34-30-47(43-55(51)58)48-31-35-52-50-33-29-46(6)42-54(50)59(56(52)44-48,38-23-20-17-13-9-3)39-26-27-57(60)61-40-14-10-4;2-1-3/h28-35,41-44H,7-27,36-40H2,1-6H3;. The van der Waals surface area contributed by atoms with E-state index < -0.39 is 0 Å². The van der Waals surface area contributed by atoms with Gasteiger partial charge in [-0.05, 0) is 120 Å². The Kier molecular flexibility index (Phi) is 20.6. The van der Waals surface area contributed by atoms with Crippen molar-refractivity contribution in [1.29, 1.82) is 0 Å². The fourth-order valence-corrected chi connectivity index (χ4v) is 11.3. The molecule has 0 radical (unpaired) electrons. The number of rotatable bonds is 28. The third-order valence-corrected chi connectivity index (χ3v) is 14.7. The summed E-state index contributed by atoms with van der Waals surface area (Å²) in [4.78, 5) is 29.2. The zero-order chi connectivity index (χ0) is 45.8. The maximum atomic E-state index is 13.0. The van der Waals surface area contributed by atoms with Crippen LogP contribution in [0.2, 0.25) is 0 Å². The monoisotopic (exact) mass is 867 g/mol. The molecule has 0 heterocycles. The van der Waals surface area contributed by atoms with Gasteiger partial charge < -0.3 is 4.74 Å². The fourth-order valence-electron chi connectivity index (χ4n) is 11.3. The van der Waals surface area contributed by atoms with Crippen LogP contribution < -0.4 is 0 Å². The maximum absolute atomic E-state index is 13.0. The predicted molar refractivity (Wildman–Crippen MR) is 268 cm³/mol. The lowest BCUT2D eigenvalue weighted by molar-refractivity contribution is -0.191. The summed E-state index contributed by atoms with van der Waals surface area (Å²) in [5.41, 5.74) is 17.2. The van der Waals surface area contributed by atoms with Gasteiger partial charge >= 0.3 is 12.1 Å². The number of carbonyl (C=O) groups is 1. The van der Waals surface area contributed by atoms with Crippen LogP contribution in [0.3, 0.4) is 0 Å². The largest absolute Gasteiger partial charge is 0.466 e. The molecule has 0 aliphatic heterocycles. The van der Waals surface area contributed by atoms with Gasteiger partial charge in [-0.1, -0.05) is 215 Å². The van der Waals surface area contributed by atoms with Gasteiger partial charge in [-0.2, -0.15) is 9.59 Å². The van der Waals surface area contributed by atoms with Crippen LogP contribution >= 0.6 is 0 Å². The van der Waals surface area contributed by atoms with E-state index in [1.807, 2.05) is 0 Å². The molecule has 6 rings (SSSR count). The molecule has 2 aliphatic carbocycles. The number of ether oxygens (including phenoxy) is 1. The van der Waals surface area contributed by atoms with Gasteiger partial charge in [-0.25, -0.2) is 0 Å². The second-order valence-corrected chi connectivity index (χ2v) is 19.5. The topological polar surface area (TPSA) is 60.4 Å². The number of hydrogen-bond donors (Lipinski definition) is 0. The summed E-state index contributed by atoms with van der Waals surface area (Å²) in [6.07, 6.45) is 30.4. The zero-order valence-corrected chi connectivity index (χ0v) is 40.9. The number of esters is 1. The first-order valence-electron chi connectivity index (χ1n) is 25.9. The van der Waals surface area contributed by atoms with E-state index >= 15 is 0 Å². The lowest BCUT2D eigenvalue weighted by Gasteiger charge is -2.34. The van der Waals surface area contributed by atoms with Crippen molar-refractivity contribution in [3.63, 3.8) is 0 Å². The molecular weight excluding hydrogens is 785 g/mol. The summed E-state index contributed by atoms with van der Waals surface area (Å²) in [5, 5.41) is 0. The normalized spacial score (nSPS) is 15.1. The Morgan fingerprint density at radius 1 is 0.438 bits per heavy atom. The molecule has 0 saturated carbocycles. The molecule has 0 bridgehead atoms. The first-order chi connectivity index (χ1) is 31.2. The van der Waals surface area contributed by atoms with Gasteiger partial charge in [0.25, 0.3) is 0 Å². The number of carbonyl (C=O) groups excluding carboxylic acids is 3. The predicted octanol–water partition coefficient (Wildman–Crippen LogP) is 17.3. The van der Waals surface area contributed by atoms with Gasteiger partial charge in [0.15, 0.2) is 0 Å². The van der Waals surface area contributed by atoms with Gasteiger partial charge in [-0.15, -0.1) is 0 Å². The molecule has 1 unspecified atom stereocenters. The van der Waals surface area contributed by atoms with E-state index in [9.17, 15) is 4.79 Å². The van der Waals surface area contributed by atoms with E-state index in [1.165, 1.54) is 178 Å². The van der Waals surface area contributed by atoms with Gasteiger partial charge in [0.2, 0.25) is 0 Å². The molecule has 1 atom stereocenters. The number of aryl methyl sites for hydroxylation is 2. The van der Waals surface area contributed by atoms with Crippen LogP contribution in [-0.2, 0) is 30.0 Å². The van der Waals surface area contributed by atoms with E-state index in [0.29, 0.717) is 13.0 Å². The third kappa shape index (κ3) is 12.5. The lowest BCUT2D eigenvalue weighted by atomic mass is 9.69. The minimum absolute atomic E-state index is 0.0392. The Morgan fingerprint density at radius 2 is 0.766 bits per heavy atom. The van der Waals surface area contributed by atoms with Gasteiger partial charge in [0.1, 0.15) is 0 Å². The van der Waals surface area contributed by atoms with Crippen molar-refractivity contribution in [2.75, 3.05) is 6.61 Å². The molecule has 0 fully saturated rings. The van der Waals surface area contributed by atoms with E-state index in [1.54, 1.807) is 11.1 Å². The molecule has 2 aliphatic rings. The number of benzene rings is 4. The van der Waals surface area contributed by atoms with E-state index in [0.717, 1.165) is 32.1 Å². The van der Waals surface area contributed by atoms with E-state index in [-0.39, 0.29) is 23.0 Å². The number of fused-ring (bicyclic) bond motifs is 6. The van der Waals surface area contributed by atoms with Gasteiger partial charge in [0.05, 0.1) is 6.61 Å². The second kappa shape index (κ2) is 26.0. The van der Waals surface area contributed by atoms with Crippen LogP contribution in [0.4, 0.5) is 0 Å². The van der Waals surface area contributed by atoms with Crippen molar-refractivity contribution < 1.29 is 19.1 Å². The Balaban J connectivity index is 0.00000250. The van der Waals surface area contributed by atoms with Crippen molar-refractivity contribution in [2.45, 2.75) is 213 Å². The smallest absolute Gasteiger partial charge is 0.373 e. The minimum atomic E-state index is -0.119. The van der Waals surface area contributed by atoms with Crippen molar-refractivity contribution in [2.24, 2.45) is 0 Å². The lowest BCUT2D eigenvalue weighted by Crippen LogP contribution is -2.26. The van der Waals surface area contributed by atoms with E-state index in [4.69, 9.17) is 14.3 Å². The van der Waals surface area contributed by atoms with Gasteiger partial charge in [-0.3, -0.25) is 4.79 Å². The third-order valence-electron chi connectivity index (χ3n) is 14.7. The molecule has 64 heavy (non-hydrogen) atoms. The second-order valence-electron chi connectivity index (χ2n) is 19.5. The minimum Gasteiger partial charge on any atom is -0.466 e. The molecule has 0 amide bonds. The molecule has 4 aromatic rings. The molecule has 0 N–H and O–H groups in total. The molecule has 4 heteroatoms. The van der Waals surface area contributed by atoms with Crippen molar-refractivity contribution in [3.8, 4) is 33.4 Å². The van der Waals surface area contributed by atoms with Crippen molar-refractivity contribution in [3.05, 3.63) is 106 Å². The summed E-state index contributed by atoms with van der Waals surface area (Å²) in [6.45, 7) is 14.2. The summed E-state index contributed by atoms with van der Waals surface area (Å²) >= 11 is 0. The first-order valence-corrected chi connectivity index (χ1v) is 25.9. The molecule has 4 aromatic carbocycles. The van der Waals surface area contributed by atoms with E-state index in [2.05, 4.69) is 114 Å². The van der Waals surface area contributed by atoms with Crippen LogP contribution in [0, 0.1) is 13.8 Å². The quantitative estimate of drug-likeness (QED) is 0.0421. The average molecular weight is 867 g/mol. The van der Waals surface area contributed by atoms with Crippen LogP contribution in [-0.4, -0.2) is 18.7 Å². The molecule has 0 spiro atoms. The van der Waals surface area contributed by atoms with Crippen LogP contribution in [0.15, 0.2) is 72.8 Å². The molecule has 0 saturated heterocycles. The maximum Gasteiger partial charge on any atom is 0.373 e. The first kappa shape index (κ1) is 50.7. The zero-order valence-electron chi connectivity index (χ0n) is 40.9. The Labute approximate surface area is 388 Å². The summed E-state index contributed by atoms with van der Waals surface area (Å²) in [7, 11) is 0. The molecule has 4 nitrogen and oxygen atoms in total. The number of unbranched alkanes of at least 4 members (excludes halogenated alkanes) is 15. The molecular formula is C60H82O4. The SMILES string of the molecule is CCCCCCCCC1(CCCCCCCC)c2cc(C)ccc2-c2ccc(-c3ccc4c(c3)C(CCCCCCC)(CCCC(=O)OCCCC)c3cc(C)ccc3-4)cc21.O=C=O. The van der Waals surface area contributed by atoms with Crippen LogP contribution in [0.25, 0.3) is 33.4 Å². The van der Waals surface area contributed by atoms with Gasteiger partial charge in [0, 0.05) is 17.3 Å².